The zero-order chi connectivity index (χ0) is 12.5. The molecule has 0 spiro atoms. The average Bonchev–Trinajstić information content (AvgIpc) is 2.79. The molecule has 96 valence electrons. The van der Waals surface area contributed by atoms with Gasteiger partial charge in [0.2, 0.25) is 0 Å². The minimum atomic E-state index is -0.124. The summed E-state index contributed by atoms with van der Waals surface area (Å²) in [6.45, 7) is 1.34. The van der Waals surface area contributed by atoms with E-state index >= 15 is 0 Å². The van der Waals surface area contributed by atoms with E-state index in [1.165, 1.54) is 28.4 Å². The van der Waals surface area contributed by atoms with Gasteiger partial charge in [0, 0.05) is 20.0 Å². The highest BCUT2D eigenvalue weighted by Gasteiger charge is 2.15. The Kier molecular flexibility index (Phi) is 2.73. The molecule has 0 saturated heterocycles. The zero-order valence-electron chi connectivity index (χ0n) is 10.4. The molecule has 0 fully saturated rings. The van der Waals surface area contributed by atoms with Crippen molar-refractivity contribution in [3.05, 3.63) is 28.5 Å². The molecule has 0 unspecified atom stereocenters. The minimum absolute atomic E-state index is 0.124. The second kappa shape index (κ2) is 4.40. The predicted molar refractivity (Wildman–Crippen MR) is 64.1 cm³/mol. The van der Waals surface area contributed by atoms with Crippen LogP contribution in [0.4, 0.5) is 0 Å². The fourth-order valence-electron chi connectivity index (χ4n) is 2.33. The third-order valence-electron chi connectivity index (χ3n) is 3.36. The van der Waals surface area contributed by atoms with E-state index in [0.717, 1.165) is 31.0 Å². The van der Waals surface area contributed by atoms with Crippen molar-refractivity contribution in [2.45, 2.75) is 38.8 Å². The van der Waals surface area contributed by atoms with Gasteiger partial charge in [-0.25, -0.2) is 9.48 Å². The molecule has 0 radical (unpaired) electrons. The molecule has 0 aromatic carbocycles. The van der Waals surface area contributed by atoms with Gasteiger partial charge < -0.3 is 4.57 Å². The van der Waals surface area contributed by atoms with E-state index in [0.29, 0.717) is 6.54 Å². The monoisotopic (exact) mass is 248 g/mol. The van der Waals surface area contributed by atoms with Crippen molar-refractivity contribution < 1.29 is 0 Å². The van der Waals surface area contributed by atoms with Crippen molar-refractivity contribution in [1.29, 1.82) is 0 Å². The molecule has 0 atom stereocenters. The zero-order valence-corrected chi connectivity index (χ0v) is 10.4. The minimum Gasteiger partial charge on any atom is -0.313 e. The van der Waals surface area contributed by atoms with E-state index in [2.05, 4.69) is 19.9 Å². The second-order valence-corrected chi connectivity index (χ2v) is 4.68. The summed E-state index contributed by atoms with van der Waals surface area (Å²) in [7, 11) is 1.69. The van der Waals surface area contributed by atoms with Gasteiger partial charge in [-0.15, -0.1) is 10.2 Å². The molecular formula is C11H16N6O. The predicted octanol–water partition coefficient (Wildman–Crippen LogP) is -0.0520. The Morgan fingerprint density at radius 3 is 2.94 bits per heavy atom. The lowest BCUT2D eigenvalue weighted by Crippen LogP contribution is -2.25. The Morgan fingerprint density at radius 2 is 2.17 bits per heavy atom. The van der Waals surface area contributed by atoms with Gasteiger partial charge in [0.15, 0.2) is 5.82 Å². The van der Waals surface area contributed by atoms with Crippen molar-refractivity contribution in [2.75, 3.05) is 0 Å². The van der Waals surface area contributed by atoms with Gasteiger partial charge in [-0.1, -0.05) is 6.42 Å². The molecule has 0 aliphatic carbocycles. The molecule has 7 heteroatoms. The highest BCUT2D eigenvalue weighted by Crippen LogP contribution is 2.14. The largest absolute Gasteiger partial charge is 0.345 e. The lowest BCUT2D eigenvalue weighted by molar-refractivity contribution is 0.557. The van der Waals surface area contributed by atoms with E-state index in [4.69, 9.17) is 0 Å². The van der Waals surface area contributed by atoms with Crippen molar-refractivity contribution in [3.63, 3.8) is 0 Å². The molecule has 0 saturated carbocycles. The SMILES string of the molecule is Cn1cnn(Cc2nnc3n2CCCCC3)c1=O. The van der Waals surface area contributed by atoms with Crippen LogP contribution in [0.25, 0.3) is 0 Å². The Balaban J connectivity index is 1.91. The topological polar surface area (TPSA) is 70.5 Å². The van der Waals surface area contributed by atoms with Crippen LogP contribution in [0.15, 0.2) is 11.1 Å². The molecule has 2 aromatic rings. The summed E-state index contributed by atoms with van der Waals surface area (Å²) in [4.78, 5) is 11.7. The number of fused-ring (bicyclic) bond motifs is 1. The first kappa shape index (κ1) is 11.2. The summed E-state index contributed by atoms with van der Waals surface area (Å²) in [5.41, 5.74) is -0.124. The van der Waals surface area contributed by atoms with E-state index in [-0.39, 0.29) is 5.69 Å². The summed E-state index contributed by atoms with van der Waals surface area (Å²) in [5, 5.41) is 12.5. The molecule has 1 aliphatic heterocycles. The number of hydrogen-bond donors (Lipinski definition) is 0. The van der Waals surface area contributed by atoms with E-state index in [1.807, 2.05) is 0 Å². The van der Waals surface area contributed by atoms with E-state index in [1.54, 1.807) is 7.05 Å². The first-order valence-electron chi connectivity index (χ1n) is 6.25. The van der Waals surface area contributed by atoms with Gasteiger partial charge in [-0.05, 0) is 12.8 Å². The number of aromatic nitrogens is 6. The summed E-state index contributed by atoms with van der Waals surface area (Å²) in [5.74, 6) is 1.86. The number of nitrogens with zero attached hydrogens (tertiary/aromatic N) is 6. The van der Waals surface area contributed by atoms with Crippen LogP contribution in [0.5, 0.6) is 0 Å². The Morgan fingerprint density at radius 1 is 1.28 bits per heavy atom. The summed E-state index contributed by atoms with van der Waals surface area (Å²) in [6.07, 6.45) is 6.04. The second-order valence-electron chi connectivity index (χ2n) is 4.68. The van der Waals surface area contributed by atoms with E-state index < -0.39 is 0 Å². The normalized spacial score (nSPS) is 15.4. The maximum Gasteiger partial charge on any atom is 0.345 e. The number of aryl methyl sites for hydroxylation is 2. The van der Waals surface area contributed by atoms with Crippen molar-refractivity contribution in [2.24, 2.45) is 7.05 Å². The van der Waals surface area contributed by atoms with Crippen LogP contribution >= 0.6 is 0 Å². The molecule has 0 amide bonds. The number of hydrogen-bond acceptors (Lipinski definition) is 4. The van der Waals surface area contributed by atoms with Gasteiger partial charge in [0.25, 0.3) is 0 Å². The molecule has 0 bridgehead atoms. The standard InChI is InChI=1S/C11H16N6O/c1-15-8-12-17(11(15)18)7-10-14-13-9-5-3-2-4-6-16(9)10/h8H,2-7H2,1H3. The fraction of sp³-hybridized carbons (Fsp3) is 0.636. The molecule has 1 aliphatic rings. The lowest BCUT2D eigenvalue weighted by atomic mass is 10.2. The van der Waals surface area contributed by atoms with Gasteiger partial charge >= 0.3 is 5.69 Å². The van der Waals surface area contributed by atoms with Gasteiger partial charge in [0.1, 0.15) is 18.7 Å². The first-order chi connectivity index (χ1) is 8.75. The van der Waals surface area contributed by atoms with Crippen LogP contribution in [0, 0.1) is 0 Å². The van der Waals surface area contributed by atoms with Crippen LogP contribution < -0.4 is 5.69 Å². The molecule has 7 nitrogen and oxygen atoms in total. The van der Waals surface area contributed by atoms with Gasteiger partial charge in [0.05, 0.1) is 0 Å². The van der Waals surface area contributed by atoms with Crippen LogP contribution in [0.3, 0.4) is 0 Å². The lowest BCUT2D eigenvalue weighted by Gasteiger charge is -2.05. The molecule has 0 N–H and O–H groups in total. The third-order valence-corrected chi connectivity index (χ3v) is 3.36. The van der Waals surface area contributed by atoms with Crippen LogP contribution in [-0.2, 0) is 26.6 Å². The smallest absolute Gasteiger partial charge is 0.313 e. The molecule has 18 heavy (non-hydrogen) atoms. The molecule has 3 heterocycles. The van der Waals surface area contributed by atoms with Crippen molar-refractivity contribution in [1.82, 2.24) is 29.1 Å². The maximum absolute atomic E-state index is 11.7. The van der Waals surface area contributed by atoms with Crippen LogP contribution in [0.1, 0.15) is 30.9 Å². The Hall–Kier alpha value is -1.92. The number of rotatable bonds is 2. The molecule has 2 aromatic heterocycles. The first-order valence-corrected chi connectivity index (χ1v) is 6.25. The van der Waals surface area contributed by atoms with E-state index in [9.17, 15) is 4.79 Å². The van der Waals surface area contributed by atoms with Crippen LogP contribution in [-0.4, -0.2) is 29.1 Å². The highest BCUT2D eigenvalue weighted by atomic mass is 16.2. The molecular weight excluding hydrogens is 232 g/mol. The highest BCUT2D eigenvalue weighted by molar-refractivity contribution is 4.98. The Bertz CT molecular complexity index is 607. The quantitative estimate of drug-likeness (QED) is 0.747. The third kappa shape index (κ3) is 1.85. The van der Waals surface area contributed by atoms with Crippen molar-refractivity contribution >= 4 is 0 Å². The Labute approximate surface area is 104 Å². The van der Waals surface area contributed by atoms with Gasteiger partial charge in [-0.2, -0.15) is 5.10 Å². The van der Waals surface area contributed by atoms with Crippen molar-refractivity contribution in [3.8, 4) is 0 Å². The maximum atomic E-state index is 11.7. The summed E-state index contributed by atoms with van der Waals surface area (Å²) >= 11 is 0. The summed E-state index contributed by atoms with van der Waals surface area (Å²) < 4.78 is 5.01. The fourth-order valence-corrected chi connectivity index (χ4v) is 2.33. The summed E-state index contributed by atoms with van der Waals surface area (Å²) in [6, 6.07) is 0. The van der Waals surface area contributed by atoms with Gasteiger partial charge in [-0.3, -0.25) is 4.57 Å². The average molecular weight is 248 g/mol. The molecule has 3 rings (SSSR count). The van der Waals surface area contributed by atoms with Crippen LogP contribution in [0.2, 0.25) is 0 Å².